The van der Waals surface area contributed by atoms with E-state index in [1.165, 1.54) is 45.3 Å². The van der Waals surface area contributed by atoms with Crippen LogP contribution in [0, 0.1) is 11.8 Å². The van der Waals surface area contributed by atoms with Crippen LogP contribution in [0.2, 0.25) is 0 Å². The van der Waals surface area contributed by atoms with E-state index in [9.17, 15) is 0 Å². The van der Waals surface area contributed by atoms with Crippen LogP contribution in [0.25, 0.3) is 0 Å². The largest absolute Gasteiger partial charge is 0.382 e. The minimum atomic E-state index is 0. The fourth-order valence-electron chi connectivity index (χ4n) is 3.85. The Morgan fingerprint density at radius 1 is 1.12 bits per heavy atom. The third-order valence-electron chi connectivity index (χ3n) is 5.38. The van der Waals surface area contributed by atoms with Crippen molar-refractivity contribution < 1.29 is 9.47 Å². The first-order valence-electron chi connectivity index (χ1n) is 10.0. The molecule has 2 rings (SSSR count). The second-order valence-corrected chi connectivity index (χ2v) is 7.38. The molecule has 1 unspecified atom stereocenters. The van der Waals surface area contributed by atoms with E-state index in [0.29, 0.717) is 19.1 Å². The van der Waals surface area contributed by atoms with Crippen molar-refractivity contribution in [2.45, 2.75) is 32.6 Å². The summed E-state index contributed by atoms with van der Waals surface area (Å²) in [6, 6.07) is 0. The summed E-state index contributed by atoms with van der Waals surface area (Å²) in [5, 5.41) is 3.62. The highest BCUT2D eigenvalue weighted by molar-refractivity contribution is 14.0. The second kappa shape index (κ2) is 14.0. The van der Waals surface area contributed by atoms with Crippen molar-refractivity contribution in [2.75, 3.05) is 73.2 Å². The maximum absolute atomic E-state index is 5.69. The molecular weight excluding hydrogens is 443 g/mol. The smallest absolute Gasteiger partial charge is 0.193 e. The van der Waals surface area contributed by atoms with E-state index in [4.69, 9.17) is 9.47 Å². The van der Waals surface area contributed by atoms with E-state index in [1.807, 2.05) is 7.05 Å². The predicted molar refractivity (Wildman–Crippen MR) is 119 cm³/mol. The van der Waals surface area contributed by atoms with Gasteiger partial charge in [0, 0.05) is 39.7 Å². The summed E-state index contributed by atoms with van der Waals surface area (Å²) in [6.45, 7) is 11.4. The molecule has 0 aromatic carbocycles. The summed E-state index contributed by atoms with van der Waals surface area (Å²) < 4.78 is 10.7. The Hall–Kier alpha value is -0.120. The van der Waals surface area contributed by atoms with Gasteiger partial charge in [-0.15, -0.1) is 24.0 Å². The van der Waals surface area contributed by atoms with Crippen LogP contribution in [-0.2, 0) is 9.47 Å². The van der Waals surface area contributed by atoms with Gasteiger partial charge in [0.2, 0.25) is 0 Å². The van der Waals surface area contributed by atoms with E-state index >= 15 is 0 Å². The van der Waals surface area contributed by atoms with E-state index < -0.39 is 0 Å². The summed E-state index contributed by atoms with van der Waals surface area (Å²) >= 11 is 0. The lowest BCUT2D eigenvalue weighted by Crippen LogP contribution is -2.44. The minimum Gasteiger partial charge on any atom is -0.382 e. The molecule has 0 radical (unpaired) electrons. The van der Waals surface area contributed by atoms with Crippen molar-refractivity contribution in [3.05, 3.63) is 0 Å². The van der Waals surface area contributed by atoms with Crippen molar-refractivity contribution in [3.8, 4) is 0 Å². The number of nitrogens with one attached hydrogen (secondary N) is 1. The molecule has 2 heterocycles. The zero-order chi connectivity index (χ0) is 17.9. The Morgan fingerprint density at radius 3 is 2.50 bits per heavy atom. The van der Waals surface area contributed by atoms with E-state index in [1.54, 1.807) is 7.11 Å². The molecule has 0 aliphatic carbocycles. The van der Waals surface area contributed by atoms with Gasteiger partial charge >= 0.3 is 0 Å². The highest BCUT2D eigenvalue weighted by Crippen LogP contribution is 2.18. The minimum absolute atomic E-state index is 0. The number of rotatable bonds is 9. The SMILES string of the molecule is CCCN1CCC(CNC(=NC)N2CCC(COCCOC)C2)CC1.I. The van der Waals surface area contributed by atoms with Gasteiger partial charge in [-0.25, -0.2) is 0 Å². The Labute approximate surface area is 177 Å². The topological polar surface area (TPSA) is 49.3 Å². The highest BCUT2D eigenvalue weighted by Gasteiger charge is 2.26. The van der Waals surface area contributed by atoms with Crippen LogP contribution in [0.4, 0.5) is 0 Å². The number of piperidine rings is 1. The Balaban J connectivity index is 0.00000338. The van der Waals surface area contributed by atoms with Gasteiger partial charge in [-0.2, -0.15) is 0 Å². The van der Waals surface area contributed by atoms with Gasteiger partial charge in [-0.3, -0.25) is 4.99 Å². The van der Waals surface area contributed by atoms with Gasteiger partial charge in [-0.1, -0.05) is 6.92 Å². The molecule has 6 nitrogen and oxygen atoms in total. The Bertz CT molecular complexity index is 390. The first kappa shape index (κ1) is 23.9. The fourth-order valence-corrected chi connectivity index (χ4v) is 3.85. The molecule has 2 aliphatic rings. The summed E-state index contributed by atoms with van der Waals surface area (Å²) in [5.41, 5.74) is 0. The lowest BCUT2D eigenvalue weighted by atomic mass is 9.97. The van der Waals surface area contributed by atoms with Gasteiger partial charge in [0.15, 0.2) is 5.96 Å². The van der Waals surface area contributed by atoms with Crippen molar-refractivity contribution in [2.24, 2.45) is 16.8 Å². The maximum Gasteiger partial charge on any atom is 0.193 e. The summed E-state index contributed by atoms with van der Waals surface area (Å²) in [5.74, 6) is 2.45. The molecule has 0 aromatic heterocycles. The normalized spacial score (nSPS) is 22.5. The van der Waals surface area contributed by atoms with Crippen LogP contribution >= 0.6 is 24.0 Å². The molecule has 0 amide bonds. The van der Waals surface area contributed by atoms with E-state index in [2.05, 4.69) is 27.0 Å². The molecular formula is C19H39IN4O2. The first-order chi connectivity index (χ1) is 12.3. The number of likely N-dealkylation sites (tertiary alicyclic amines) is 2. The summed E-state index contributed by atoms with van der Waals surface area (Å²) in [4.78, 5) is 9.49. The zero-order valence-electron chi connectivity index (χ0n) is 16.9. The predicted octanol–water partition coefficient (Wildman–Crippen LogP) is 2.29. The summed E-state index contributed by atoms with van der Waals surface area (Å²) in [7, 11) is 3.61. The van der Waals surface area contributed by atoms with E-state index in [0.717, 1.165) is 38.1 Å². The number of hydrogen-bond donors (Lipinski definition) is 1. The molecule has 2 fully saturated rings. The molecule has 0 bridgehead atoms. The van der Waals surface area contributed by atoms with Gasteiger partial charge in [-0.05, 0) is 51.2 Å². The standard InChI is InChI=1S/C19H38N4O2.HI/c1-4-8-22-9-5-17(6-10-22)14-21-19(20-2)23-11-7-18(15-23)16-25-13-12-24-3;/h17-18H,4-16H2,1-3H3,(H,20,21);1H. The van der Waals surface area contributed by atoms with Crippen molar-refractivity contribution >= 4 is 29.9 Å². The van der Waals surface area contributed by atoms with Crippen LogP contribution in [-0.4, -0.2) is 89.0 Å². The van der Waals surface area contributed by atoms with Crippen LogP contribution in [0.15, 0.2) is 4.99 Å². The highest BCUT2D eigenvalue weighted by atomic mass is 127. The van der Waals surface area contributed by atoms with Gasteiger partial charge in [0.25, 0.3) is 0 Å². The average Bonchev–Trinajstić information content (AvgIpc) is 3.10. The lowest BCUT2D eigenvalue weighted by Gasteiger charge is -2.32. The molecule has 0 aromatic rings. The molecule has 0 saturated carbocycles. The quantitative estimate of drug-likeness (QED) is 0.237. The van der Waals surface area contributed by atoms with Crippen molar-refractivity contribution in [1.82, 2.24) is 15.1 Å². The number of methoxy groups -OCH3 is 1. The molecule has 7 heteroatoms. The fraction of sp³-hybridized carbons (Fsp3) is 0.947. The molecule has 2 aliphatic heterocycles. The van der Waals surface area contributed by atoms with Crippen molar-refractivity contribution in [1.29, 1.82) is 0 Å². The van der Waals surface area contributed by atoms with Gasteiger partial charge < -0.3 is 24.6 Å². The number of guanidine groups is 1. The number of ether oxygens (including phenoxy) is 2. The molecule has 154 valence electrons. The number of hydrogen-bond acceptors (Lipinski definition) is 4. The Morgan fingerprint density at radius 2 is 1.85 bits per heavy atom. The maximum atomic E-state index is 5.69. The molecule has 26 heavy (non-hydrogen) atoms. The monoisotopic (exact) mass is 482 g/mol. The number of nitrogens with zero attached hydrogens (tertiary/aromatic N) is 3. The third-order valence-corrected chi connectivity index (χ3v) is 5.38. The van der Waals surface area contributed by atoms with Crippen molar-refractivity contribution in [3.63, 3.8) is 0 Å². The summed E-state index contributed by atoms with van der Waals surface area (Å²) in [6.07, 6.45) is 5.06. The van der Waals surface area contributed by atoms with Crippen LogP contribution in [0.1, 0.15) is 32.6 Å². The van der Waals surface area contributed by atoms with Gasteiger partial charge in [0.1, 0.15) is 0 Å². The van der Waals surface area contributed by atoms with Crippen LogP contribution < -0.4 is 5.32 Å². The number of aliphatic imine (C=N–C) groups is 1. The zero-order valence-corrected chi connectivity index (χ0v) is 19.2. The average molecular weight is 482 g/mol. The number of halogens is 1. The first-order valence-corrected chi connectivity index (χ1v) is 10.0. The lowest BCUT2D eigenvalue weighted by molar-refractivity contribution is 0.0536. The molecule has 0 spiro atoms. The van der Waals surface area contributed by atoms with Crippen LogP contribution in [0.3, 0.4) is 0 Å². The molecule has 2 saturated heterocycles. The third kappa shape index (κ3) is 8.27. The van der Waals surface area contributed by atoms with Gasteiger partial charge in [0.05, 0.1) is 19.8 Å². The Kier molecular flexibility index (Phi) is 12.8. The van der Waals surface area contributed by atoms with Crippen LogP contribution in [0.5, 0.6) is 0 Å². The molecule has 1 N–H and O–H groups in total. The molecule has 1 atom stereocenters. The van der Waals surface area contributed by atoms with E-state index in [-0.39, 0.29) is 24.0 Å². The second-order valence-electron chi connectivity index (χ2n) is 7.38.